The van der Waals surface area contributed by atoms with E-state index in [1.54, 1.807) is 20.8 Å². The van der Waals surface area contributed by atoms with E-state index in [2.05, 4.69) is 5.10 Å². The van der Waals surface area contributed by atoms with E-state index in [1.807, 2.05) is 27.7 Å². The number of ether oxygens (including phenoxy) is 1. The van der Waals surface area contributed by atoms with Gasteiger partial charge in [0.05, 0.1) is 16.8 Å². The summed E-state index contributed by atoms with van der Waals surface area (Å²) in [7, 11) is -2.74. The second-order valence-electron chi connectivity index (χ2n) is 7.86. The molecule has 1 fully saturated rings. The van der Waals surface area contributed by atoms with Crippen LogP contribution >= 0.6 is 0 Å². The average molecular weight is 338 g/mol. The van der Waals surface area contributed by atoms with Crippen molar-refractivity contribution < 1.29 is 28.9 Å². The highest BCUT2D eigenvalue weighted by atomic mass is 16.7. The molecule has 1 aliphatic heterocycles. The summed E-state index contributed by atoms with van der Waals surface area (Å²) in [6, 6.07) is 0. The molecule has 0 unspecified atom stereocenters. The molecule has 0 atom stereocenters. The smallest absolute Gasteiger partial charge is 0.442 e. The van der Waals surface area contributed by atoms with Crippen LogP contribution in [-0.4, -0.2) is 57.0 Å². The first kappa shape index (κ1) is 19.0. The van der Waals surface area contributed by atoms with Crippen molar-refractivity contribution in [2.75, 3.05) is 0 Å². The summed E-state index contributed by atoms with van der Waals surface area (Å²) in [5.41, 5.74) is -1.76. The second kappa shape index (κ2) is 5.87. The topological polar surface area (TPSA) is 103 Å². The van der Waals surface area contributed by atoms with Gasteiger partial charge in [0.15, 0.2) is 0 Å². The van der Waals surface area contributed by atoms with E-state index in [1.165, 1.54) is 6.20 Å². The van der Waals surface area contributed by atoms with Crippen LogP contribution in [-0.2, 0) is 14.0 Å². The number of hydrogen-bond acceptors (Lipinski definition) is 7. The average Bonchev–Trinajstić information content (AvgIpc) is 2.87. The van der Waals surface area contributed by atoms with Gasteiger partial charge in [-0.3, -0.25) is 0 Å². The fourth-order valence-corrected chi connectivity index (χ4v) is 2.16. The first-order chi connectivity index (χ1) is 10.7. The Bertz CT molecular complexity index is 620. The molecule has 1 aromatic heterocycles. The van der Waals surface area contributed by atoms with Crippen molar-refractivity contribution >= 4 is 31.4 Å². The first-order valence-electron chi connectivity index (χ1n) is 7.78. The van der Waals surface area contributed by atoms with Crippen LogP contribution in [0.15, 0.2) is 6.20 Å². The van der Waals surface area contributed by atoms with Gasteiger partial charge in [-0.1, -0.05) is 0 Å². The molecule has 132 valence electrons. The fourth-order valence-electron chi connectivity index (χ4n) is 2.16. The van der Waals surface area contributed by atoms with Crippen molar-refractivity contribution in [3.05, 3.63) is 6.20 Å². The molecule has 2 rings (SSSR count). The monoisotopic (exact) mass is 338 g/mol. The number of aromatic nitrogens is 2. The van der Waals surface area contributed by atoms with Crippen LogP contribution in [0.3, 0.4) is 0 Å². The maximum absolute atomic E-state index is 12.2. The molecular formula is C14H24B2N2O6. The van der Waals surface area contributed by atoms with Crippen LogP contribution in [0.5, 0.6) is 0 Å². The van der Waals surface area contributed by atoms with Crippen molar-refractivity contribution in [1.82, 2.24) is 9.78 Å². The molecule has 24 heavy (non-hydrogen) atoms. The molecule has 2 N–H and O–H groups in total. The highest BCUT2D eigenvalue weighted by Gasteiger charge is 2.53. The Morgan fingerprint density at radius 1 is 1.25 bits per heavy atom. The standard InChI is InChI=1S/C14H24B2N2O6/c1-12(2,3)22-11(19)18-8-9(10(17-18)15(20)21)16-23-13(4,5)14(6,7)24-16/h8,20-21H,1-7H3. The number of nitrogens with zero attached hydrogens (tertiary/aromatic N) is 2. The lowest BCUT2D eigenvalue weighted by atomic mass is 9.70. The third-order valence-corrected chi connectivity index (χ3v) is 4.10. The minimum atomic E-state index is -1.87. The van der Waals surface area contributed by atoms with Crippen molar-refractivity contribution in [1.29, 1.82) is 0 Å². The summed E-state index contributed by atoms with van der Waals surface area (Å²) in [5, 5.41) is 23.1. The molecule has 1 aromatic rings. The second-order valence-corrected chi connectivity index (χ2v) is 7.86. The molecule has 0 bridgehead atoms. The van der Waals surface area contributed by atoms with Gasteiger partial charge in [0.1, 0.15) is 5.60 Å². The van der Waals surface area contributed by atoms with Crippen molar-refractivity contribution in [2.45, 2.75) is 65.3 Å². The predicted molar refractivity (Wildman–Crippen MR) is 89.4 cm³/mol. The Kier molecular flexibility index (Phi) is 4.64. The molecule has 10 heteroatoms. The SMILES string of the molecule is CC(C)(C)OC(=O)n1cc(B2OC(C)(C)C(C)(C)O2)c(B(O)O)n1. The summed E-state index contributed by atoms with van der Waals surface area (Å²) >= 11 is 0. The lowest BCUT2D eigenvalue weighted by Gasteiger charge is -2.32. The van der Waals surface area contributed by atoms with Crippen molar-refractivity contribution in [3.8, 4) is 0 Å². The Balaban J connectivity index is 2.36. The summed E-state index contributed by atoms with van der Waals surface area (Å²) in [6.07, 6.45) is 0.609. The molecule has 0 aliphatic carbocycles. The zero-order valence-corrected chi connectivity index (χ0v) is 15.2. The molecular weight excluding hydrogens is 314 g/mol. The van der Waals surface area contributed by atoms with E-state index in [0.29, 0.717) is 0 Å². The van der Waals surface area contributed by atoms with E-state index >= 15 is 0 Å². The quantitative estimate of drug-likeness (QED) is 0.710. The highest BCUT2D eigenvalue weighted by Crippen LogP contribution is 2.36. The van der Waals surface area contributed by atoms with Crippen molar-refractivity contribution in [3.63, 3.8) is 0 Å². The Hall–Kier alpha value is -1.35. The molecule has 0 aromatic carbocycles. The van der Waals surface area contributed by atoms with E-state index < -0.39 is 37.1 Å². The summed E-state index contributed by atoms with van der Waals surface area (Å²) in [4.78, 5) is 12.2. The predicted octanol–water partition coefficient (Wildman–Crippen LogP) is -0.355. The minimum Gasteiger partial charge on any atom is -0.442 e. The van der Waals surface area contributed by atoms with Gasteiger partial charge >= 0.3 is 20.3 Å². The Morgan fingerprint density at radius 3 is 2.17 bits per heavy atom. The fraction of sp³-hybridized carbons (Fsp3) is 0.714. The molecule has 2 heterocycles. The van der Waals surface area contributed by atoms with Crippen LogP contribution in [0.2, 0.25) is 0 Å². The summed E-state index contributed by atoms with van der Waals surface area (Å²) < 4.78 is 17.9. The number of hydrogen-bond donors (Lipinski definition) is 2. The van der Waals surface area contributed by atoms with E-state index in [-0.39, 0.29) is 11.1 Å². The van der Waals surface area contributed by atoms with Gasteiger partial charge < -0.3 is 24.1 Å². The van der Waals surface area contributed by atoms with Crippen LogP contribution in [0.4, 0.5) is 4.79 Å². The van der Waals surface area contributed by atoms with E-state index in [4.69, 9.17) is 14.0 Å². The van der Waals surface area contributed by atoms with E-state index in [9.17, 15) is 14.8 Å². The zero-order chi connectivity index (χ0) is 18.5. The van der Waals surface area contributed by atoms with Gasteiger partial charge in [-0.05, 0) is 48.5 Å². The first-order valence-corrected chi connectivity index (χ1v) is 7.78. The van der Waals surface area contributed by atoms with Gasteiger partial charge in [-0.25, -0.2) is 4.79 Å². The number of carbonyl (C=O) groups excluding carboxylic acids is 1. The third kappa shape index (κ3) is 3.66. The number of carbonyl (C=O) groups is 1. The third-order valence-electron chi connectivity index (χ3n) is 4.10. The lowest BCUT2D eigenvalue weighted by Crippen LogP contribution is -2.50. The van der Waals surface area contributed by atoms with Gasteiger partial charge in [0.25, 0.3) is 0 Å². The normalized spacial score (nSPS) is 19.5. The molecule has 8 nitrogen and oxygen atoms in total. The summed E-state index contributed by atoms with van der Waals surface area (Å²) in [5.74, 6) is 0. The van der Waals surface area contributed by atoms with Crippen LogP contribution in [0.25, 0.3) is 0 Å². The minimum absolute atomic E-state index is 0.112. The van der Waals surface area contributed by atoms with E-state index in [0.717, 1.165) is 4.68 Å². The molecule has 1 aliphatic rings. The zero-order valence-electron chi connectivity index (χ0n) is 15.2. The van der Waals surface area contributed by atoms with Crippen LogP contribution in [0.1, 0.15) is 48.5 Å². The summed E-state index contributed by atoms with van der Waals surface area (Å²) in [6.45, 7) is 12.7. The van der Waals surface area contributed by atoms with Gasteiger partial charge in [-0.2, -0.15) is 9.78 Å². The van der Waals surface area contributed by atoms with Gasteiger partial charge in [0, 0.05) is 11.7 Å². The molecule has 1 saturated heterocycles. The molecule has 0 saturated carbocycles. The van der Waals surface area contributed by atoms with Gasteiger partial charge in [-0.15, -0.1) is 0 Å². The number of rotatable bonds is 2. The Labute approximate surface area is 142 Å². The van der Waals surface area contributed by atoms with Gasteiger partial charge in [0.2, 0.25) is 0 Å². The maximum atomic E-state index is 12.2. The molecule has 0 radical (unpaired) electrons. The van der Waals surface area contributed by atoms with Crippen LogP contribution in [0, 0.1) is 0 Å². The molecule has 0 amide bonds. The maximum Gasteiger partial charge on any atom is 0.509 e. The highest BCUT2D eigenvalue weighted by molar-refractivity contribution is 6.72. The van der Waals surface area contributed by atoms with Crippen LogP contribution < -0.4 is 11.1 Å². The largest absolute Gasteiger partial charge is 0.509 e. The van der Waals surface area contributed by atoms with Crippen molar-refractivity contribution in [2.24, 2.45) is 0 Å². The Morgan fingerprint density at radius 2 is 1.75 bits per heavy atom. The lowest BCUT2D eigenvalue weighted by molar-refractivity contribution is 0.00578. The molecule has 0 spiro atoms.